The normalized spacial score (nSPS) is 24.5. The number of likely N-dealkylation sites (tertiary alicyclic amines) is 1. The van der Waals surface area contributed by atoms with E-state index in [1.807, 2.05) is 37.3 Å². The third-order valence-corrected chi connectivity index (χ3v) is 5.67. The van der Waals surface area contributed by atoms with Crippen molar-refractivity contribution in [1.29, 1.82) is 0 Å². The molecule has 144 valence electrons. The number of fused-ring (bicyclic) bond motifs is 1. The van der Waals surface area contributed by atoms with Gasteiger partial charge in [0.15, 0.2) is 0 Å². The molecule has 2 aliphatic heterocycles. The van der Waals surface area contributed by atoms with Crippen LogP contribution in [0.5, 0.6) is 0 Å². The summed E-state index contributed by atoms with van der Waals surface area (Å²) in [5.74, 6) is 0. The SMILES string of the molecule is Cc1ccc2c(NC(=O)N3C[C@@H](O)[C@H](N4CCN(C)CC4)C3)cccc2n1. The number of hydrogen-bond acceptors (Lipinski definition) is 5. The number of aliphatic hydroxyl groups is 1. The van der Waals surface area contributed by atoms with Crippen molar-refractivity contribution < 1.29 is 9.90 Å². The summed E-state index contributed by atoms with van der Waals surface area (Å²) in [6.45, 7) is 6.73. The van der Waals surface area contributed by atoms with E-state index in [4.69, 9.17) is 0 Å². The largest absolute Gasteiger partial charge is 0.390 e. The molecule has 2 N–H and O–H groups in total. The van der Waals surface area contributed by atoms with Crippen molar-refractivity contribution in [1.82, 2.24) is 19.7 Å². The average molecular weight is 369 g/mol. The van der Waals surface area contributed by atoms with Gasteiger partial charge in [-0.2, -0.15) is 0 Å². The Bertz CT molecular complexity index is 834. The number of rotatable bonds is 2. The van der Waals surface area contributed by atoms with Crippen LogP contribution in [0.3, 0.4) is 0 Å². The van der Waals surface area contributed by atoms with E-state index in [0.717, 1.165) is 48.5 Å². The van der Waals surface area contributed by atoms with Gasteiger partial charge in [-0.05, 0) is 38.2 Å². The standard InChI is InChI=1S/C20H27N5O2/c1-14-6-7-15-16(21-14)4-3-5-17(15)22-20(27)25-12-18(19(26)13-25)24-10-8-23(2)9-11-24/h3-7,18-19,26H,8-13H2,1-2H3,(H,22,27)/t18-,19-/m1/s1. The van der Waals surface area contributed by atoms with Crippen LogP contribution in [0.15, 0.2) is 30.3 Å². The Morgan fingerprint density at radius 1 is 1.15 bits per heavy atom. The summed E-state index contributed by atoms with van der Waals surface area (Å²) >= 11 is 0. The molecule has 1 aromatic heterocycles. The molecule has 2 amide bonds. The van der Waals surface area contributed by atoms with E-state index in [2.05, 4.69) is 27.1 Å². The van der Waals surface area contributed by atoms with E-state index in [0.29, 0.717) is 13.1 Å². The Kier molecular flexibility index (Phi) is 4.99. The van der Waals surface area contributed by atoms with Gasteiger partial charge < -0.3 is 20.2 Å². The van der Waals surface area contributed by atoms with Crippen LogP contribution in [-0.2, 0) is 0 Å². The number of pyridine rings is 1. The second kappa shape index (κ2) is 7.42. The summed E-state index contributed by atoms with van der Waals surface area (Å²) in [4.78, 5) is 23.6. The number of carbonyl (C=O) groups is 1. The Morgan fingerprint density at radius 2 is 1.93 bits per heavy atom. The van der Waals surface area contributed by atoms with Gasteiger partial charge in [0.2, 0.25) is 0 Å². The second-order valence-electron chi connectivity index (χ2n) is 7.63. The Labute approximate surface area is 159 Å². The van der Waals surface area contributed by atoms with Crippen LogP contribution in [0.1, 0.15) is 5.69 Å². The van der Waals surface area contributed by atoms with E-state index < -0.39 is 6.10 Å². The summed E-state index contributed by atoms with van der Waals surface area (Å²) < 4.78 is 0. The fraction of sp³-hybridized carbons (Fsp3) is 0.500. The Hall–Kier alpha value is -2.22. The number of benzene rings is 1. The lowest BCUT2D eigenvalue weighted by molar-refractivity contribution is 0.0512. The van der Waals surface area contributed by atoms with Gasteiger partial charge in [-0.3, -0.25) is 9.88 Å². The van der Waals surface area contributed by atoms with Crippen molar-refractivity contribution in [3.63, 3.8) is 0 Å². The number of anilines is 1. The third-order valence-electron chi connectivity index (χ3n) is 5.67. The molecule has 0 saturated carbocycles. The molecule has 2 saturated heterocycles. The highest BCUT2D eigenvalue weighted by atomic mass is 16.3. The highest BCUT2D eigenvalue weighted by Gasteiger charge is 2.38. The number of urea groups is 1. The van der Waals surface area contributed by atoms with Crippen molar-refractivity contribution >= 4 is 22.6 Å². The Morgan fingerprint density at radius 3 is 2.70 bits per heavy atom. The molecular formula is C20H27N5O2. The lowest BCUT2D eigenvalue weighted by atomic mass is 10.1. The van der Waals surface area contributed by atoms with Gasteiger partial charge in [-0.25, -0.2) is 4.79 Å². The lowest BCUT2D eigenvalue weighted by Crippen LogP contribution is -2.52. The van der Waals surface area contributed by atoms with Gasteiger partial charge in [0.1, 0.15) is 0 Å². The molecule has 4 rings (SSSR count). The highest BCUT2D eigenvalue weighted by Crippen LogP contribution is 2.24. The molecule has 2 aliphatic rings. The number of piperazine rings is 1. The molecule has 2 aromatic rings. The summed E-state index contributed by atoms with van der Waals surface area (Å²) in [7, 11) is 2.11. The first-order valence-corrected chi connectivity index (χ1v) is 9.54. The van der Waals surface area contributed by atoms with E-state index in [1.165, 1.54) is 0 Å². The zero-order chi connectivity index (χ0) is 19.0. The number of amides is 2. The van der Waals surface area contributed by atoms with Crippen molar-refractivity contribution in [3.05, 3.63) is 36.0 Å². The van der Waals surface area contributed by atoms with Crippen LogP contribution in [-0.4, -0.2) is 89.3 Å². The summed E-state index contributed by atoms with van der Waals surface area (Å²) in [5, 5.41) is 14.4. The van der Waals surface area contributed by atoms with Crippen LogP contribution in [0.25, 0.3) is 10.9 Å². The quantitative estimate of drug-likeness (QED) is 0.837. The highest BCUT2D eigenvalue weighted by molar-refractivity contribution is 6.00. The third kappa shape index (κ3) is 3.76. The number of aryl methyl sites for hydroxylation is 1. The van der Waals surface area contributed by atoms with E-state index in [1.54, 1.807) is 4.90 Å². The predicted molar refractivity (Wildman–Crippen MR) is 106 cm³/mol. The number of nitrogens with zero attached hydrogens (tertiary/aromatic N) is 4. The topological polar surface area (TPSA) is 71.9 Å². The molecule has 0 aliphatic carbocycles. The molecule has 0 radical (unpaired) electrons. The molecule has 0 bridgehead atoms. The van der Waals surface area contributed by atoms with Gasteiger partial charge in [0.05, 0.1) is 29.9 Å². The first-order valence-electron chi connectivity index (χ1n) is 9.54. The van der Waals surface area contributed by atoms with E-state index in [9.17, 15) is 9.90 Å². The number of aliphatic hydroxyl groups excluding tert-OH is 1. The molecule has 3 heterocycles. The predicted octanol–water partition coefficient (Wildman–Crippen LogP) is 1.37. The van der Waals surface area contributed by atoms with Gasteiger partial charge in [0.25, 0.3) is 0 Å². The number of hydrogen-bond donors (Lipinski definition) is 2. The van der Waals surface area contributed by atoms with Crippen molar-refractivity contribution in [2.45, 2.75) is 19.1 Å². The number of carbonyl (C=O) groups excluding carboxylic acids is 1. The van der Waals surface area contributed by atoms with Crippen LogP contribution in [0, 0.1) is 6.92 Å². The van der Waals surface area contributed by atoms with E-state index in [-0.39, 0.29) is 12.1 Å². The molecule has 7 nitrogen and oxygen atoms in total. The second-order valence-corrected chi connectivity index (χ2v) is 7.63. The monoisotopic (exact) mass is 369 g/mol. The summed E-state index contributed by atoms with van der Waals surface area (Å²) in [6, 6.07) is 9.51. The minimum Gasteiger partial charge on any atom is -0.390 e. The molecule has 27 heavy (non-hydrogen) atoms. The fourth-order valence-corrected chi connectivity index (χ4v) is 4.01. The van der Waals surface area contributed by atoms with Crippen LogP contribution >= 0.6 is 0 Å². The summed E-state index contributed by atoms with van der Waals surface area (Å²) in [5.41, 5.74) is 2.57. The number of β-amino-alcohol motifs (C(OH)–C–C–N with tert-alkyl or cyclic N) is 1. The number of likely N-dealkylation sites (N-methyl/N-ethyl adjacent to an activating group) is 1. The zero-order valence-corrected chi connectivity index (χ0v) is 15.9. The molecule has 7 heteroatoms. The summed E-state index contributed by atoms with van der Waals surface area (Å²) in [6.07, 6.45) is -0.504. The van der Waals surface area contributed by atoms with Crippen LogP contribution in [0.2, 0.25) is 0 Å². The maximum Gasteiger partial charge on any atom is 0.322 e. The number of nitrogens with one attached hydrogen (secondary N) is 1. The van der Waals surface area contributed by atoms with Crippen LogP contribution in [0.4, 0.5) is 10.5 Å². The number of aromatic nitrogens is 1. The van der Waals surface area contributed by atoms with Gasteiger partial charge in [-0.1, -0.05) is 6.07 Å². The van der Waals surface area contributed by atoms with Crippen molar-refractivity contribution in [2.24, 2.45) is 0 Å². The van der Waals surface area contributed by atoms with Gasteiger partial charge in [0, 0.05) is 43.8 Å². The smallest absolute Gasteiger partial charge is 0.322 e. The van der Waals surface area contributed by atoms with Crippen molar-refractivity contribution in [3.8, 4) is 0 Å². The zero-order valence-electron chi connectivity index (χ0n) is 15.9. The molecular weight excluding hydrogens is 342 g/mol. The molecule has 2 fully saturated rings. The minimum absolute atomic E-state index is 0.0151. The Balaban J connectivity index is 1.45. The first kappa shape index (κ1) is 18.2. The minimum atomic E-state index is -0.504. The maximum absolute atomic E-state index is 12.8. The van der Waals surface area contributed by atoms with Gasteiger partial charge >= 0.3 is 6.03 Å². The van der Waals surface area contributed by atoms with Gasteiger partial charge in [-0.15, -0.1) is 0 Å². The first-order chi connectivity index (χ1) is 13.0. The molecule has 2 atom stereocenters. The van der Waals surface area contributed by atoms with Crippen molar-refractivity contribution in [2.75, 3.05) is 51.6 Å². The van der Waals surface area contributed by atoms with E-state index >= 15 is 0 Å². The van der Waals surface area contributed by atoms with Crippen LogP contribution < -0.4 is 5.32 Å². The fourth-order valence-electron chi connectivity index (χ4n) is 4.01. The molecule has 1 aromatic carbocycles. The molecule has 0 unspecified atom stereocenters. The lowest BCUT2D eigenvalue weighted by Gasteiger charge is -2.37. The molecule has 0 spiro atoms. The average Bonchev–Trinajstić information content (AvgIpc) is 3.04. The maximum atomic E-state index is 12.8.